The Balaban J connectivity index is 1.60. The quantitative estimate of drug-likeness (QED) is 0.845. The van der Waals surface area contributed by atoms with Crippen LogP contribution in [0.5, 0.6) is 0 Å². The van der Waals surface area contributed by atoms with E-state index in [9.17, 15) is 10.2 Å². The smallest absolute Gasteiger partial charge is 0.131 e. The van der Waals surface area contributed by atoms with E-state index in [0.29, 0.717) is 11.8 Å². The molecule has 2 aliphatic rings. The van der Waals surface area contributed by atoms with Gasteiger partial charge in [0.2, 0.25) is 0 Å². The molecule has 0 amide bonds. The van der Waals surface area contributed by atoms with Gasteiger partial charge in [-0.1, -0.05) is 0 Å². The summed E-state index contributed by atoms with van der Waals surface area (Å²) < 4.78 is 0. The van der Waals surface area contributed by atoms with Crippen LogP contribution in [0.1, 0.15) is 39.5 Å². The summed E-state index contributed by atoms with van der Waals surface area (Å²) in [4.78, 5) is 14.0. The van der Waals surface area contributed by atoms with Crippen molar-refractivity contribution in [2.45, 2.75) is 51.7 Å². The Labute approximate surface area is 167 Å². The Morgan fingerprint density at radius 3 is 2.07 bits per heavy atom. The molecule has 0 bridgehead atoms. The van der Waals surface area contributed by atoms with Gasteiger partial charge in [0.05, 0.1) is 23.9 Å². The van der Waals surface area contributed by atoms with Crippen LogP contribution in [0.25, 0.3) is 10.9 Å². The highest BCUT2D eigenvalue weighted by Gasteiger charge is 2.27. The molecule has 28 heavy (non-hydrogen) atoms. The van der Waals surface area contributed by atoms with Gasteiger partial charge in [0.1, 0.15) is 5.82 Å². The largest absolute Gasteiger partial charge is 0.393 e. The average Bonchev–Trinajstić information content (AvgIpc) is 2.73. The van der Waals surface area contributed by atoms with Crippen LogP contribution in [0.15, 0.2) is 24.5 Å². The van der Waals surface area contributed by atoms with Crippen LogP contribution in [0.3, 0.4) is 0 Å². The Bertz CT molecular complexity index is 794. The molecule has 0 saturated carbocycles. The monoisotopic (exact) mass is 384 g/mol. The zero-order valence-electron chi connectivity index (χ0n) is 17.0. The lowest BCUT2D eigenvalue weighted by atomic mass is 9.91. The van der Waals surface area contributed by atoms with Crippen LogP contribution in [0, 0.1) is 11.8 Å². The number of fused-ring (bicyclic) bond motifs is 1. The van der Waals surface area contributed by atoms with Gasteiger partial charge in [0, 0.05) is 49.5 Å². The molecule has 0 spiro atoms. The van der Waals surface area contributed by atoms with Crippen molar-refractivity contribution in [3.63, 3.8) is 0 Å². The average molecular weight is 385 g/mol. The Morgan fingerprint density at radius 2 is 1.50 bits per heavy atom. The summed E-state index contributed by atoms with van der Waals surface area (Å²) in [6, 6.07) is 4.29. The van der Waals surface area contributed by atoms with Gasteiger partial charge in [-0.3, -0.25) is 4.98 Å². The summed E-state index contributed by atoms with van der Waals surface area (Å²) in [5, 5.41) is 20.9. The van der Waals surface area contributed by atoms with E-state index in [4.69, 9.17) is 4.98 Å². The predicted octanol–water partition coefficient (Wildman–Crippen LogP) is 2.82. The highest BCUT2D eigenvalue weighted by molar-refractivity contribution is 5.93. The highest BCUT2D eigenvalue weighted by Crippen LogP contribution is 2.34. The van der Waals surface area contributed by atoms with Crippen LogP contribution in [0.4, 0.5) is 11.5 Å². The molecule has 2 atom stereocenters. The fourth-order valence-electron chi connectivity index (χ4n) is 4.70. The van der Waals surface area contributed by atoms with Gasteiger partial charge in [-0.2, -0.15) is 0 Å². The first-order valence-electron chi connectivity index (χ1n) is 10.6. The van der Waals surface area contributed by atoms with Crippen molar-refractivity contribution in [1.29, 1.82) is 0 Å². The number of aromatic nitrogens is 2. The Hall–Kier alpha value is -1.92. The van der Waals surface area contributed by atoms with Gasteiger partial charge >= 0.3 is 0 Å². The lowest BCUT2D eigenvalue weighted by Gasteiger charge is -2.37. The first kappa shape index (κ1) is 19.4. The minimum Gasteiger partial charge on any atom is -0.393 e. The molecule has 4 heterocycles. The zero-order valence-corrected chi connectivity index (χ0v) is 17.0. The summed E-state index contributed by atoms with van der Waals surface area (Å²) in [6.07, 6.45) is 7.26. The van der Waals surface area contributed by atoms with E-state index in [1.54, 1.807) is 0 Å². The number of rotatable bonds is 4. The second-order valence-corrected chi connectivity index (χ2v) is 8.52. The molecule has 6 heteroatoms. The molecule has 4 rings (SSSR count). The molecule has 2 aromatic heterocycles. The van der Waals surface area contributed by atoms with Gasteiger partial charge in [0.15, 0.2) is 0 Å². The van der Waals surface area contributed by atoms with E-state index < -0.39 is 0 Å². The molecule has 0 unspecified atom stereocenters. The third-order valence-electron chi connectivity index (χ3n) is 6.69. The number of hydrogen-bond donors (Lipinski definition) is 2. The van der Waals surface area contributed by atoms with Gasteiger partial charge < -0.3 is 20.0 Å². The van der Waals surface area contributed by atoms with Crippen LogP contribution >= 0.6 is 0 Å². The highest BCUT2D eigenvalue weighted by atomic mass is 16.3. The zero-order chi connectivity index (χ0) is 19.7. The van der Waals surface area contributed by atoms with E-state index in [1.807, 2.05) is 26.2 Å². The number of hydrogen-bond acceptors (Lipinski definition) is 6. The second kappa shape index (κ2) is 8.21. The van der Waals surface area contributed by atoms with Crippen molar-refractivity contribution in [1.82, 2.24) is 9.97 Å². The van der Waals surface area contributed by atoms with Crippen LogP contribution in [0.2, 0.25) is 0 Å². The van der Waals surface area contributed by atoms with E-state index in [0.717, 1.165) is 68.6 Å². The fourth-order valence-corrected chi connectivity index (χ4v) is 4.70. The summed E-state index contributed by atoms with van der Waals surface area (Å²) >= 11 is 0. The predicted molar refractivity (Wildman–Crippen MR) is 113 cm³/mol. The molecule has 0 aliphatic carbocycles. The number of aliphatic hydroxyl groups excluding tert-OH is 2. The molecule has 2 aliphatic heterocycles. The van der Waals surface area contributed by atoms with Crippen molar-refractivity contribution < 1.29 is 10.2 Å². The summed E-state index contributed by atoms with van der Waals surface area (Å²) in [5.41, 5.74) is 2.16. The van der Waals surface area contributed by atoms with Crippen molar-refractivity contribution in [3.8, 4) is 0 Å². The molecular weight excluding hydrogens is 352 g/mol. The summed E-state index contributed by atoms with van der Waals surface area (Å²) in [5.74, 6) is 1.79. The maximum atomic E-state index is 9.92. The van der Waals surface area contributed by atoms with Gasteiger partial charge in [0.25, 0.3) is 0 Å². The third kappa shape index (κ3) is 3.94. The molecule has 2 fully saturated rings. The summed E-state index contributed by atoms with van der Waals surface area (Å²) in [7, 11) is 0. The molecular formula is C22H32N4O2. The first-order valence-corrected chi connectivity index (χ1v) is 10.6. The number of anilines is 2. The molecule has 6 nitrogen and oxygen atoms in total. The van der Waals surface area contributed by atoms with Crippen molar-refractivity contribution in [3.05, 3.63) is 24.5 Å². The van der Waals surface area contributed by atoms with E-state index >= 15 is 0 Å². The molecule has 2 aromatic rings. The third-order valence-corrected chi connectivity index (χ3v) is 6.69. The maximum absolute atomic E-state index is 9.92. The van der Waals surface area contributed by atoms with Crippen LogP contribution in [-0.2, 0) is 0 Å². The molecule has 2 N–H and O–H groups in total. The van der Waals surface area contributed by atoms with E-state index in [-0.39, 0.29) is 12.2 Å². The molecule has 152 valence electrons. The topological polar surface area (TPSA) is 72.7 Å². The van der Waals surface area contributed by atoms with Crippen molar-refractivity contribution >= 4 is 22.4 Å². The number of pyridine rings is 2. The van der Waals surface area contributed by atoms with Gasteiger partial charge in [-0.05, 0) is 57.4 Å². The number of aliphatic hydroxyl groups is 2. The standard InChI is InChI=1S/C22H32N4O2/c1-15(27)17-4-9-25(10-5-17)21-13-22(24-20-14-23-8-3-19(20)21)26-11-6-18(7-12-26)16(2)28/h3,8,13-18,27-28H,4-7,9-12H2,1-2H3/t15-,16-/m1/s1. The number of nitrogens with zero attached hydrogens (tertiary/aromatic N) is 4. The van der Waals surface area contributed by atoms with Gasteiger partial charge in [-0.15, -0.1) is 0 Å². The van der Waals surface area contributed by atoms with Crippen molar-refractivity contribution in [2.24, 2.45) is 11.8 Å². The minimum absolute atomic E-state index is 0.230. The van der Waals surface area contributed by atoms with E-state index in [2.05, 4.69) is 26.9 Å². The molecule has 0 aromatic carbocycles. The summed E-state index contributed by atoms with van der Waals surface area (Å²) in [6.45, 7) is 7.58. The van der Waals surface area contributed by atoms with E-state index in [1.165, 1.54) is 5.69 Å². The first-order chi connectivity index (χ1) is 13.5. The van der Waals surface area contributed by atoms with Crippen LogP contribution < -0.4 is 9.80 Å². The molecule has 2 saturated heterocycles. The SMILES string of the molecule is C[C@@H](O)C1CCN(c2cc(N3CCC([C@@H](C)O)CC3)c3ccncc3n2)CC1. The van der Waals surface area contributed by atoms with Crippen molar-refractivity contribution in [2.75, 3.05) is 36.0 Å². The van der Waals surface area contributed by atoms with Crippen LogP contribution in [-0.4, -0.2) is 58.6 Å². The fraction of sp³-hybridized carbons (Fsp3) is 0.636. The second-order valence-electron chi connectivity index (χ2n) is 8.52. The maximum Gasteiger partial charge on any atom is 0.131 e. The lowest BCUT2D eigenvalue weighted by Crippen LogP contribution is -2.38. The molecule has 0 radical (unpaired) electrons. The normalized spacial score (nSPS) is 21.9. The minimum atomic E-state index is -0.235. The van der Waals surface area contributed by atoms with Gasteiger partial charge in [-0.25, -0.2) is 4.98 Å². The lowest BCUT2D eigenvalue weighted by molar-refractivity contribution is 0.109. The number of piperidine rings is 2. The Kier molecular flexibility index (Phi) is 5.69. The Morgan fingerprint density at radius 1 is 0.929 bits per heavy atom.